The molecule has 0 spiro atoms. The number of rotatable bonds is 19. The number of fused-ring (bicyclic) bond motifs is 5. The quantitative estimate of drug-likeness (QED) is 0.0470. The summed E-state index contributed by atoms with van der Waals surface area (Å²) in [6.45, 7) is 6.65. The lowest BCUT2D eigenvalue weighted by Gasteiger charge is -2.44. The average molecular weight is 905 g/mol. The first kappa shape index (κ1) is 47.9. The smallest absolute Gasteiger partial charge is 0.338 e. The maximum Gasteiger partial charge on any atom is 0.338 e. The zero-order valence-electron chi connectivity index (χ0n) is 36.7. The number of nitrogens with one attached hydrogen (secondary N) is 5. The molecule has 2 unspecified atom stereocenters. The van der Waals surface area contributed by atoms with E-state index in [2.05, 4.69) is 26.6 Å². The number of benzene rings is 1. The van der Waals surface area contributed by atoms with Crippen molar-refractivity contribution in [2.75, 3.05) is 26.5 Å². The van der Waals surface area contributed by atoms with Crippen LogP contribution in [0.1, 0.15) is 82.2 Å². The van der Waals surface area contributed by atoms with Gasteiger partial charge in [0, 0.05) is 54.6 Å². The summed E-state index contributed by atoms with van der Waals surface area (Å²) in [4.78, 5) is 121. The van der Waals surface area contributed by atoms with E-state index in [4.69, 9.17) is 14.5 Å². The van der Waals surface area contributed by atoms with Crippen molar-refractivity contribution in [2.24, 2.45) is 11.8 Å². The molecule has 0 bridgehead atoms. The topological polar surface area (TPSA) is 272 Å². The summed E-state index contributed by atoms with van der Waals surface area (Å²) in [6.07, 6.45) is 5.77. The monoisotopic (exact) mass is 904 g/mol. The molecule has 5 heterocycles. The SMILES string of the molecule is CC[C@@]1(O)C(=O)OCC2C(=O)N3Cc4c(nc5cc(F)c(C)cc5c4CNC(=O)COCNC(=O)[C@H](C)NC(=O)[C@H](C)NC(=O)[C@H](C)NC(=O)CCCCCN4C(=O)C=CC4=O)C3=CC21. The van der Waals surface area contributed by atoms with Crippen LogP contribution < -0.4 is 26.6 Å². The molecule has 2 aromatic rings. The van der Waals surface area contributed by atoms with E-state index in [1.165, 1.54) is 43.9 Å². The van der Waals surface area contributed by atoms with Crippen LogP contribution in [0.2, 0.25) is 0 Å². The van der Waals surface area contributed by atoms with Gasteiger partial charge in [-0.1, -0.05) is 19.4 Å². The Morgan fingerprint density at radius 2 is 1.58 bits per heavy atom. The van der Waals surface area contributed by atoms with E-state index in [0.717, 1.165) is 4.90 Å². The molecule has 0 aliphatic carbocycles. The minimum atomic E-state index is -1.92. The summed E-state index contributed by atoms with van der Waals surface area (Å²) in [7, 11) is 0. The number of hydrogen-bond donors (Lipinski definition) is 6. The van der Waals surface area contributed by atoms with Crippen LogP contribution in [-0.2, 0) is 65.7 Å². The van der Waals surface area contributed by atoms with E-state index in [1.54, 1.807) is 26.0 Å². The highest BCUT2D eigenvalue weighted by Gasteiger charge is 2.56. The molecule has 65 heavy (non-hydrogen) atoms. The lowest BCUT2D eigenvalue weighted by molar-refractivity contribution is -0.190. The molecule has 4 aliphatic heterocycles. The standard InChI is InChI=1S/C44H53FN8O12/c1-6-44(63)30-15-33-38-28(18-53(33)42(61)29(30)19-65-43(44)62)27(26-14-22(2)31(45)16-32(26)51-38)17-46-35(55)20-64-21-47-39(58)23(3)49-41(60)25(5)50-40(59)24(4)48-34(54)10-8-7-9-13-52-36(56)11-12-37(52)57/h11-12,14-16,23-25,29-30,63H,6-10,13,17-21H2,1-5H3,(H,46,55)(H,47,58)(H,48,54)(H,49,60)(H,50,59)/t23-,24-,25-,29?,30?,44-/m0/s1. The molecule has 20 nitrogen and oxygen atoms in total. The van der Waals surface area contributed by atoms with E-state index in [9.17, 15) is 52.6 Å². The molecule has 0 saturated carbocycles. The molecule has 1 saturated heterocycles. The van der Waals surface area contributed by atoms with E-state index < -0.39 is 90.2 Å². The van der Waals surface area contributed by atoms with Gasteiger partial charge in [0.05, 0.1) is 29.4 Å². The molecule has 4 aliphatic rings. The fraction of sp³-hybridized carbons (Fsp3) is 0.500. The molecule has 1 fully saturated rings. The Labute approximate surface area is 373 Å². The molecule has 6 atom stereocenters. The maximum absolute atomic E-state index is 14.8. The van der Waals surface area contributed by atoms with Crippen LogP contribution in [0.5, 0.6) is 0 Å². The third-order valence-corrected chi connectivity index (χ3v) is 12.0. The van der Waals surface area contributed by atoms with E-state index in [0.29, 0.717) is 52.7 Å². The second kappa shape index (κ2) is 20.1. The van der Waals surface area contributed by atoms with Gasteiger partial charge in [-0.25, -0.2) is 14.2 Å². The first-order valence-electron chi connectivity index (χ1n) is 21.4. The summed E-state index contributed by atoms with van der Waals surface area (Å²) in [5.74, 6) is -7.03. The molecule has 6 rings (SSSR count). The third kappa shape index (κ3) is 10.4. The van der Waals surface area contributed by atoms with Crippen molar-refractivity contribution in [1.82, 2.24) is 41.4 Å². The van der Waals surface area contributed by atoms with Crippen molar-refractivity contribution in [3.8, 4) is 0 Å². The first-order chi connectivity index (χ1) is 30.8. The zero-order valence-corrected chi connectivity index (χ0v) is 36.7. The van der Waals surface area contributed by atoms with Crippen LogP contribution in [-0.4, -0.2) is 123 Å². The lowest BCUT2D eigenvalue weighted by Crippen LogP contribution is -2.58. The minimum absolute atomic E-state index is 0.0105. The Hall–Kier alpha value is -6.61. The Bertz CT molecular complexity index is 2370. The number of imide groups is 1. The van der Waals surface area contributed by atoms with Crippen molar-refractivity contribution in [3.05, 3.63) is 58.6 Å². The number of aliphatic hydroxyl groups is 1. The Morgan fingerprint density at radius 3 is 2.26 bits per heavy atom. The molecule has 348 valence electrons. The number of unbranched alkanes of at least 4 members (excludes halogenated alkanes) is 2. The second-order valence-corrected chi connectivity index (χ2v) is 16.6. The number of aromatic nitrogens is 1. The van der Waals surface area contributed by atoms with Gasteiger partial charge in [0.15, 0.2) is 5.60 Å². The van der Waals surface area contributed by atoms with Crippen molar-refractivity contribution < 1.29 is 62.1 Å². The van der Waals surface area contributed by atoms with Gasteiger partial charge in [-0.2, -0.15) is 0 Å². The molecular weight excluding hydrogens is 852 g/mol. The van der Waals surface area contributed by atoms with Crippen LogP contribution in [0.4, 0.5) is 4.39 Å². The summed E-state index contributed by atoms with van der Waals surface area (Å²) < 4.78 is 25.4. The number of carbonyl (C=O) groups excluding carboxylic acids is 9. The van der Waals surface area contributed by atoms with Gasteiger partial charge in [-0.15, -0.1) is 0 Å². The van der Waals surface area contributed by atoms with Gasteiger partial charge in [0.25, 0.3) is 11.8 Å². The lowest BCUT2D eigenvalue weighted by atomic mass is 9.72. The predicted octanol–water partition coefficient (Wildman–Crippen LogP) is 0.0153. The predicted molar refractivity (Wildman–Crippen MR) is 226 cm³/mol. The Balaban J connectivity index is 0.942. The number of aryl methyl sites for hydroxylation is 1. The largest absolute Gasteiger partial charge is 0.463 e. The van der Waals surface area contributed by atoms with Crippen molar-refractivity contribution >= 4 is 69.8 Å². The molecule has 6 N–H and O–H groups in total. The first-order valence-corrected chi connectivity index (χ1v) is 21.4. The number of halogens is 1. The maximum atomic E-state index is 14.8. The molecule has 8 amide bonds. The zero-order chi connectivity index (χ0) is 47.3. The highest BCUT2D eigenvalue weighted by Crippen LogP contribution is 2.47. The molecule has 1 aromatic carbocycles. The summed E-state index contributed by atoms with van der Waals surface area (Å²) in [5, 5.41) is 24.6. The normalized spacial score (nSPS) is 21.1. The number of amides is 8. The summed E-state index contributed by atoms with van der Waals surface area (Å²) >= 11 is 0. The van der Waals surface area contributed by atoms with Gasteiger partial charge in [-0.05, 0) is 64.2 Å². The molecular formula is C44H53FN8O12. The van der Waals surface area contributed by atoms with E-state index >= 15 is 0 Å². The number of pyridine rings is 1. The minimum Gasteiger partial charge on any atom is -0.463 e. The average Bonchev–Trinajstić information content (AvgIpc) is 3.80. The van der Waals surface area contributed by atoms with Gasteiger partial charge in [0.1, 0.15) is 43.9 Å². The van der Waals surface area contributed by atoms with E-state index in [-0.39, 0.29) is 62.3 Å². The Kier molecular flexibility index (Phi) is 14.8. The number of hydrogen-bond acceptors (Lipinski definition) is 13. The molecule has 0 radical (unpaired) electrons. The number of carbonyl (C=O) groups is 9. The summed E-state index contributed by atoms with van der Waals surface area (Å²) in [6, 6.07) is -0.246. The highest BCUT2D eigenvalue weighted by atomic mass is 19.1. The second-order valence-electron chi connectivity index (χ2n) is 16.6. The van der Waals surface area contributed by atoms with Crippen LogP contribution in [0.15, 0.2) is 30.4 Å². The molecule has 1 aromatic heterocycles. The number of nitrogens with zero attached hydrogens (tertiary/aromatic N) is 3. The van der Waals surface area contributed by atoms with Gasteiger partial charge in [0.2, 0.25) is 35.4 Å². The van der Waals surface area contributed by atoms with Gasteiger partial charge in [-0.3, -0.25) is 43.3 Å². The fourth-order valence-electron chi connectivity index (χ4n) is 8.14. The van der Waals surface area contributed by atoms with Crippen LogP contribution in [0.3, 0.4) is 0 Å². The van der Waals surface area contributed by atoms with Crippen molar-refractivity contribution in [1.29, 1.82) is 0 Å². The molecule has 21 heteroatoms. The Morgan fingerprint density at radius 1 is 0.923 bits per heavy atom. The van der Waals surface area contributed by atoms with Crippen LogP contribution in [0, 0.1) is 24.6 Å². The van der Waals surface area contributed by atoms with Crippen LogP contribution >= 0.6 is 0 Å². The van der Waals surface area contributed by atoms with Crippen molar-refractivity contribution in [3.63, 3.8) is 0 Å². The van der Waals surface area contributed by atoms with Crippen LogP contribution in [0.25, 0.3) is 16.6 Å². The van der Waals surface area contributed by atoms with Gasteiger partial charge < -0.3 is 46.1 Å². The number of ether oxygens (including phenoxy) is 2. The number of cyclic esters (lactones) is 1. The van der Waals surface area contributed by atoms with E-state index in [1.807, 2.05) is 0 Å². The van der Waals surface area contributed by atoms with Crippen molar-refractivity contribution in [2.45, 2.75) is 104 Å². The number of esters is 1. The third-order valence-electron chi connectivity index (χ3n) is 12.0. The van der Waals surface area contributed by atoms with Gasteiger partial charge >= 0.3 is 5.97 Å². The summed E-state index contributed by atoms with van der Waals surface area (Å²) in [5.41, 5.74) is 0.579. The highest BCUT2D eigenvalue weighted by molar-refractivity contribution is 6.12. The fourth-order valence-corrected chi connectivity index (χ4v) is 8.14.